The van der Waals surface area contributed by atoms with Crippen LogP contribution in [0, 0.1) is 0 Å². The van der Waals surface area contributed by atoms with E-state index in [1.165, 1.54) is 0 Å². The smallest absolute Gasteiger partial charge is 0.416 e. The van der Waals surface area contributed by atoms with Crippen molar-refractivity contribution in [3.63, 3.8) is 0 Å². The van der Waals surface area contributed by atoms with Gasteiger partial charge in [-0.25, -0.2) is 0 Å². The minimum Gasteiger partial charge on any atom is -0.504 e. The number of hydrogen-bond donors (Lipinski definition) is 3. The molecule has 0 unspecified atom stereocenters. The molecular formula is C14H18F3NO2. The Morgan fingerprint density at radius 3 is 2.20 bits per heavy atom. The van der Waals surface area contributed by atoms with Gasteiger partial charge in [-0.05, 0) is 25.0 Å². The predicted molar refractivity (Wildman–Crippen MR) is 68.6 cm³/mol. The molecule has 0 radical (unpaired) electrons. The Bertz CT molecular complexity index is 494. The Hall–Kier alpha value is -1.43. The highest BCUT2D eigenvalue weighted by atomic mass is 19.4. The first-order chi connectivity index (χ1) is 9.32. The standard InChI is InChI=1S/C14H18F3NO2/c15-14(16,17)9-4-5-10(19)12(20)11(9)13(8-18)6-2-1-3-7-13/h4-5,19-20H,1-3,6-8,18H2. The van der Waals surface area contributed by atoms with Crippen LogP contribution in [0.25, 0.3) is 0 Å². The molecule has 6 heteroatoms. The quantitative estimate of drug-likeness (QED) is 0.732. The molecule has 20 heavy (non-hydrogen) atoms. The van der Waals surface area contributed by atoms with Gasteiger partial charge in [0.25, 0.3) is 0 Å². The van der Waals surface area contributed by atoms with Crippen LogP contribution in [0.3, 0.4) is 0 Å². The summed E-state index contributed by atoms with van der Waals surface area (Å²) in [5.74, 6) is -1.22. The van der Waals surface area contributed by atoms with Crippen molar-refractivity contribution in [1.29, 1.82) is 0 Å². The number of halogens is 3. The van der Waals surface area contributed by atoms with Crippen LogP contribution >= 0.6 is 0 Å². The second-order valence-corrected chi connectivity index (χ2v) is 5.40. The average Bonchev–Trinajstić information content (AvgIpc) is 2.41. The number of alkyl halides is 3. The van der Waals surface area contributed by atoms with Crippen molar-refractivity contribution in [2.45, 2.75) is 43.7 Å². The lowest BCUT2D eigenvalue weighted by Gasteiger charge is -2.38. The monoisotopic (exact) mass is 289 g/mol. The van der Waals surface area contributed by atoms with Crippen LogP contribution in [0.15, 0.2) is 12.1 Å². The predicted octanol–water partition coefficient (Wildman–Crippen LogP) is 3.28. The van der Waals surface area contributed by atoms with Gasteiger partial charge in [0.2, 0.25) is 0 Å². The number of phenols is 2. The summed E-state index contributed by atoms with van der Waals surface area (Å²) in [5, 5.41) is 19.6. The van der Waals surface area contributed by atoms with Crippen LogP contribution in [0.1, 0.15) is 43.2 Å². The molecule has 112 valence electrons. The van der Waals surface area contributed by atoms with Gasteiger partial charge in [-0.1, -0.05) is 19.3 Å². The number of rotatable bonds is 2. The largest absolute Gasteiger partial charge is 0.504 e. The second kappa shape index (κ2) is 5.16. The maximum atomic E-state index is 13.2. The van der Waals surface area contributed by atoms with E-state index in [2.05, 4.69) is 0 Å². The molecule has 3 nitrogen and oxygen atoms in total. The second-order valence-electron chi connectivity index (χ2n) is 5.40. The number of aromatic hydroxyl groups is 2. The van der Waals surface area contributed by atoms with Gasteiger partial charge in [0.1, 0.15) is 0 Å². The van der Waals surface area contributed by atoms with Crippen molar-refractivity contribution < 1.29 is 23.4 Å². The molecule has 0 heterocycles. The Kier molecular flexibility index (Phi) is 3.86. The molecule has 1 saturated carbocycles. The molecule has 0 amide bonds. The van der Waals surface area contributed by atoms with E-state index >= 15 is 0 Å². The molecule has 1 aliphatic rings. The van der Waals surface area contributed by atoms with Crippen LogP contribution < -0.4 is 5.73 Å². The number of phenolic OH excluding ortho intramolecular Hbond substituents is 2. The molecule has 0 aromatic heterocycles. The summed E-state index contributed by atoms with van der Waals surface area (Å²) >= 11 is 0. The lowest BCUT2D eigenvalue weighted by atomic mass is 9.67. The van der Waals surface area contributed by atoms with Crippen molar-refractivity contribution in [2.24, 2.45) is 5.73 Å². The molecule has 0 spiro atoms. The van der Waals surface area contributed by atoms with Crippen molar-refractivity contribution >= 4 is 0 Å². The Morgan fingerprint density at radius 2 is 1.70 bits per heavy atom. The van der Waals surface area contributed by atoms with Gasteiger partial charge in [-0.2, -0.15) is 13.2 Å². The highest BCUT2D eigenvalue weighted by molar-refractivity contribution is 5.54. The molecule has 1 aliphatic carbocycles. The molecule has 1 fully saturated rings. The lowest BCUT2D eigenvalue weighted by molar-refractivity contribution is -0.139. The zero-order chi connectivity index (χ0) is 15.0. The van der Waals surface area contributed by atoms with Crippen LogP contribution in [0.4, 0.5) is 13.2 Å². The molecule has 0 atom stereocenters. The molecular weight excluding hydrogens is 271 g/mol. The first kappa shape index (κ1) is 15.0. The number of nitrogens with two attached hydrogens (primary N) is 1. The Labute approximate surface area is 115 Å². The van der Waals surface area contributed by atoms with Crippen LogP contribution in [0.2, 0.25) is 0 Å². The van der Waals surface area contributed by atoms with Gasteiger partial charge >= 0.3 is 6.18 Å². The summed E-state index contributed by atoms with van der Waals surface area (Å²) in [4.78, 5) is 0. The summed E-state index contributed by atoms with van der Waals surface area (Å²) in [5.41, 5.74) is 3.68. The maximum absolute atomic E-state index is 13.2. The minimum atomic E-state index is -4.58. The third-order valence-electron chi connectivity index (χ3n) is 4.19. The molecule has 1 aromatic carbocycles. The lowest BCUT2D eigenvalue weighted by Crippen LogP contribution is -2.39. The topological polar surface area (TPSA) is 66.5 Å². The fraction of sp³-hybridized carbons (Fsp3) is 0.571. The molecule has 1 aromatic rings. The normalized spacial score (nSPS) is 19.0. The van der Waals surface area contributed by atoms with Gasteiger partial charge in [-0.15, -0.1) is 0 Å². The number of hydrogen-bond acceptors (Lipinski definition) is 3. The van der Waals surface area contributed by atoms with E-state index in [1.54, 1.807) is 0 Å². The summed E-state index contributed by atoms with van der Waals surface area (Å²) in [7, 11) is 0. The van der Waals surface area contributed by atoms with Gasteiger partial charge in [-0.3, -0.25) is 0 Å². The van der Waals surface area contributed by atoms with Crippen molar-refractivity contribution in [3.8, 4) is 11.5 Å². The molecule has 0 aliphatic heterocycles. The maximum Gasteiger partial charge on any atom is 0.416 e. The van der Waals surface area contributed by atoms with Crippen LogP contribution in [-0.2, 0) is 11.6 Å². The zero-order valence-corrected chi connectivity index (χ0v) is 11.0. The first-order valence-corrected chi connectivity index (χ1v) is 6.64. The molecule has 0 saturated heterocycles. The molecule has 4 N–H and O–H groups in total. The van der Waals surface area contributed by atoms with E-state index in [0.29, 0.717) is 12.8 Å². The first-order valence-electron chi connectivity index (χ1n) is 6.64. The van der Waals surface area contributed by atoms with E-state index in [9.17, 15) is 23.4 Å². The Balaban J connectivity index is 2.66. The Morgan fingerprint density at radius 1 is 1.10 bits per heavy atom. The zero-order valence-electron chi connectivity index (χ0n) is 11.0. The summed E-state index contributed by atoms with van der Waals surface area (Å²) < 4.78 is 39.6. The fourth-order valence-corrected chi connectivity index (χ4v) is 3.14. The minimum absolute atomic E-state index is 0.0209. The number of benzene rings is 1. The van der Waals surface area contributed by atoms with Gasteiger partial charge in [0, 0.05) is 17.5 Å². The van der Waals surface area contributed by atoms with Gasteiger partial charge in [0.15, 0.2) is 11.5 Å². The van der Waals surface area contributed by atoms with Gasteiger partial charge in [0.05, 0.1) is 5.56 Å². The van der Waals surface area contributed by atoms with Crippen LogP contribution in [0.5, 0.6) is 11.5 Å². The van der Waals surface area contributed by atoms with E-state index < -0.39 is 28.7 Å². The summed E-state index contributed by atoms with van der Waals surface area (Å²) in [6.45, 7) is 0.0209. The van der Waals surface area contributed by atoms with Crippen molar-refractivity contribution in [2.75, 3.05) is 6.54 Å². The van der Waals surface area contributed by atoms with Gasteiger partial charge < -0.3 is 15.9 Å². The van der Waals surface area contributed by atoms with Crippen molar-refractivity contribution in [1.82, 2.24) is 0 Å². The highest BCUT2D eigenvalue weighted by Gasteiger charge is 2.44. The van der Waals surface area contributed by atoms with E-state index in [4.69, 9.17) is 5.73 Å². The van der Waals surface area contributed by atoms with E-state index in [-0.39, 0.29) is 12.1 Å². The van der Waals surface area contributed by atoms with E-state index in [0.717, 1.165) is 31.4 Å². The molecule has 2 rings (SSSR count). The third-order valence-corrected chi connectivity index (χ3v) is 4.19. The SMILES string of the molecule is NCC1(c2c(C(F)(F)F)ccc(O)c2O)CCCCC1. The third kappa shape index (κ3) is 2.44. The van der Waals surface area contributed by atoms with Crippen LogP contribution in [-0.4, -0.2) is 16.8 Å². The van der Waals surface area contributed by atoms with E-state index in [1.807, 2.05) is 0 Å². The summed E-state index contributed by atoms with van der Waals surface area (Å²) in [6.07, 6.45) is -1.12. The highest BCUT2D eigenvalue weighted by Crippen LogP contribution is 2.50. The average molecular weight is 289 g/mol. The summed E-state index contributed by atoms with van der Waals surface area (Å²) in [6, 6.07) is 1.69. The van der Waals surface area contributed by atoms with Crippen molar-refractivity contribution in [3.05, 3.63) is 23.3 Å². The molecule has 0 bridgehead atoms. The fourth-order valence-electron chi connectivity index (χ4n) is 3.14.